The fourth-order valence-corrected chi connectivity index (χ4v) is 4.34. The van der Waals surface area contributed by atoms with Crippen molar-refractivity contribution in [2.24, 2.45) is 0 Å². The molecule has 0 fully saturated rings. The van der Waals surface area contributed by atoms with E-state index >= 15 is 0 Å². The normalized spacial score (nSPS) is 13.1. The summed E-state index contributed by atoms with van der Waals surface area (Å²) in [5.41, 5.74) is 3.86. The minimum atomic E-state index is -3.34. The number of H-pyrrole nitrogens is 1. The lowest BCUT2D eigenvalue weighted by Crippen LogP contribution is -2.13. The van der Waals surface area contributed by atoms with Gasteiger partial charge in [0.05, 0.1) is 16.8 Å². The molecule has 156 valence electrons. The van der Waals surface area contributed by atoms with Crippen LogP contribution >= 0.6 is 0 Å². The number of aromatic amines is 1. The number of aliphatic hydroxyl groups is 1. The van der Waals surface area contributed by atoms with E-state index in [9.17, 15) is 13.5 Å². The van der Waals surface area contributed by atoms with Gasteiger partial charge in [0.2, 0.25) is 5.88 Å². The van der Waals surface area contributed by atoms with Crippen LogP contribution in [0.5, 0.6) is 5.88 Å². The second kappa shape index (κ2) is 7.70. The highest BCUT2D eigenvalue weighted by molar-refractivity contribution is 7.91. The Morgan fingerprint density at radius 3 is 2.73 bits per heavy atom. The van der Waals surface area contributed by atoms with E-state index in [0.29, 0.717) is 17.0 Å². The van der Waals surface area contributed by atoms with E-state index in [1.807, 2.05) is 19.1 Å². The number of aliphatic hydroxyl groups excluding tert-OH is 1. The first-order valence-corrected chi connectivity index (χ1v) is 11.4. The van der Waals surface area contributed by atoms with Crippen LogP contribution in [0.15, 0.2) is 47.6 Å². The Morgan fingerprint density at radius 1 is 1.20 bits per heavy atom. The largest absolute Gasteiger partial charge is 0.473 e. The molecule has 0 spiro atoms. The molecular weight excluding hydrogens is 402 g/mol. The maximum atomic E-state index is 12.4. The van der Waals surface area contributed by atoms with Crippen LogP contribution in [0.2, 0.25) is 0 Å². The van der Waals surface area contributed by atoms with E-state index in [2.05, 4.69) is 15.0 Å². The van der Waals surface area contributed by atoms with Crippen molar-refractivity contribution in [3.8, 4) is 17.0 Å². The molecule has 0 saturated heterocycles. The average molecular weight is 426 g/mol. The van der Waals surface area contributed by atoms with Gasteiger partial charge in [-0.3, -0.25) is 0 Å². The van der Waals surface area contributed by atoms with E-state index in [0.717, 1.165) is 27.5 Å². The zero-order valence-electron chi connectivity index (χ0n) is 17.0. The number of hydrogen-bond acceptors (Lipinski definition) is 6. The van der Waals surface area contributed by atoms with Crippen molar-refractivity contribution < 1.29 is 18.3 Å². The first-order chi connectivity index (χ1) is 14.3. The molecule has 3 aromatic heterocycles. The van der Waals surface area contributed by atoms with E-state index in [1.54, 1.807) is 44.4 Å². The van der Waals surface area contributed by atoms with Crippen LogP contribution in [0.4, 0.5) is 0 Å². The number of pyridine rings is 2. The summed E-state index contributed by atoms with van der Waals surface area (Å²) in [5.74, 6) is 0.398. The summed E-state index contributed by atoms with van der Waals surface area (Å²) >= 11 is 0. The monoisotopic (exact) mass is 425 g/mol. The summed E-state index contributed by atoms with van der Waals surface area (Å²) in [6.45, 7) is 5.34. The lowest BCUT2D eigenvalue weighted by molar-refractivity contribution is 0.121. The van der Waals surface area contributed by atoms with Gasteiger partial charge in [-0.1, -0.05) is 19.1 Å². The highest BCUT2D eigenvalue weighted by Gasteiger charge is 2.19. The van der Waals surface area contributed by atoms with Crippen LogP contribution in [0.1, 0.15) is 19.4 Å². The molecule has 1 aromatic carbocycles. The molecule has 0 bridgehead atoms. The summed E-state index contributed by atoms with van der Waals surface area (Å²) in [6, 6.07) is 8.90. The van der Waals surface area contributed by atoms with E-state index in [1.165, 1.54) is 0 Å². The van der Waals surface area contributed by atoms with Crippen molar-refractivity contribution in [2.75, 3.05) is 12.4 Å². The van der Waals surface area contributed by atoms with Crippen molar-refractivity contribution in [3.63, 3.8) is 0 Å². The number of aryl methyl sites for hydroxylation is 1. The lowest BCUT2D eigenvalue weighted by Gasteiger charge is -2.11. The third kappa shape index (κ3) is 3.64. The highest BCUT2D eigenvalue weighted by Crippen LogP contribution is 2.38. The summed E-state index contributed by atoms with van der Waals surface area (Å²) in [4.78, 5) is 12.5. The predicted octanol–water partition coefficient (Wildman–Crippen LogP) is 3.64. The van der Waals surface area contributed by atoms with Crippen LogP contribution in [0, 0.1) is 6.92 Å². The summed E-state index contributed by atoms with van der Waals surface area (Å²) in [5, 5.41) is 11.3. The molecule has 1 atom stereocenters. The van der Waals surface area contributed by atoms with Gasteiger partial charge in [0.15, 0.2) is 9.84 Å². The average Bonchev–Trinajstić information content (AvgIpc) is 3.11. The van der Waals surface area contributed by atoms with Gasteiger partial charge in [0, 0.05) is 28.7 Å². The van der Waals surface area contributed by atoms with Gasteiger partial charge in [0.25, 0.3) is 0 Å². The molecule has 0 unspecified atom stereocenters. The zero-order chi connectivity index (χ0) is 21.5. The number of rotatable bonds is 6. The molecule has 0 saturated carbocycles. The Morgan fingerprint density at radius 2 is 2.00 bits per heavy atom. The molecule has 4 rings (SSSR count). The van der Waals surface area contributed by atoms with Gasteiger partial charge in [0.1, 0.15) is 17.8 Å². The van der Waals surface area contributed by atoms with Crippen molar-refractivity contribution in [1.82, 2.24) is 15.0 Å². The summed E-state index contributed by atoms with van der Waals surface area (Å²) in [7, 11) is -3.34. The minimum absolute atomic E-state index is 0.0342. The van der Waals surface area contributed by atoms with E-state index < -0.39 is 15.9 Å². The van der Waals surface area contributed by atoms with Crippen molar-refractivity contribution in [1.29, 1.82) is 0 Å². The number of benzene rings is 1. The van der Waals surface area contributed by atoms with Crippen molar-refractivity contribution >= 4 is 31.8 Å². The third-order valence-corrected chi connectivity index (χ3v) is 6.66. The highest BCUT2D eigenvalue weighted by atomic mass is 32.2. The maximum absolute atomic E-state index is 12.4. The molecule has 3 heterocycles. The number of hydrogen-bond donors (Lipinski definition) is 2. The molecule has 7 nitrogen and oxygen atoms in total. The number of nitrogens with zero attached hydrogens (tertiary/aromatic N) is 2. The van der Waals surface area contributed by atoms with Gasteiger partial charge >= 0.3 is 0 Å². The standard InChI is InChI=1S/C22H23N3O4S/c1-4-30(27,28)16-7-5-6-15(9-16)18-11-24-22(29-12-14(3)26)20-19(18)17-8-13(2)10-23-21(17)25-20/h5-11,14,26H,4,12H2,1-3H3,(H,23,25)/t14-/m0/s1. The Balaban J connectivity index is 1.99. The van der Waals surface area contributed by atoms with Gasteiger partial charge in [-0.15, -0.1) is 0 Å². The quantitative estimate of drug-likeness (QED) is 0.489. The SMILES string of the molecule is CCS(=O)(=O)c1cccc(-c2cnc(OC[C@H](C)O)c3[nH]c4ncc(C)cc4c23)c1. The van der Waals surface area contributed by atoms with Gasteiger partial charge < -0.3 is 14.8 Å². The fourth-order valence-electron chi connectivity index (χ4n) is 3.42. The molecule has 0 aliphatic rings. The number of sulfone groups is 1. The molecule has 0 amide bonds. The second-order valence-corrected chi connectivity index (χ2v) is 9.63. The van der Waals surface area contributed by atoms with Crippen LogP contribution in [0.3, 0.4) is 0 Å². The number of aromatic nitrogens is 3. The number of fused-ring (bicyclic) bond motifs is 3. The van der Waals surface area contributed by atoms with Crippen molar-refractivity contribution in [3.05, 3.63) is 48.3 Å². The number of nitrogens with one attached hydrogen (secondary N) is 1. The first-order valence-electron chi connectivity index (χ1n) is 9.71. The molecule has 8 heteroatoms. The molecule has 0 aliphatic heterocycles. The van der Waals surface area contributed by atoms with Crippen LogP contribution in [-0.4, -0.2) is 46.9 Å². The zero-order valence-corrected chi connectivity index (χ0v) is 17.8. The summed E-state index contributed by atoms with van der Waals surface area (Å²) in [6.07, 6.45) is 2.81. The van der Waals surface area contributed by atoms with E-state index in [-0.39, 0.29) is 17.3 Å². The van der Waals surface area contributed by atoms with Gasteiger partial charge in [-0.2, -0.15) is 0 Å². The Kier molecular flexibility index (Phi) is 5.21. The second-order valence-electron chi connectivity index (χ2n) is 7.35. The topological polar surface area (TPSA) is 105 Å². The third-order valence-electron chi connectivity index (χ3n) is 4.93. The van der Waals surface area contributed by atoms with E-state index in [4.69, 9.17) is 4.74 Å². The van der Waals surface area contributed by atoms with Crippen LogP contribution in [-0.2, 0) is 9.84 Å². The molecular formula is C22H23N3O4S. The smallest absolute Gasteiger partial charge is 0.238 e. The Bertz CT molecular complexity index is 1340. The lowest BCUT2D eigenvalue weighted by atomic mass is 10.0. The Labute approximate surface area is 174 Å². The van der Waals surface area contributed by atoms with Gasteiger partial charge in [-0.25, -0.2) is 18.4 Å². The molecule has 2 N–H and O–H groups in total. The Hall–Kier alpha value is -2.97. The fraction of sp³-hybridized carbons (Fsp3) is 0.273. The van der Waals surface area contributed by atoms with Crippen molar-refractivity contribution in [2.45, 2.75) is 31.8 Å². The minimum Gasteiger partial charge on any atom is -0.473 e. The molecule has 4 aromatic rings. The molecule has 0 radical (unpaired) electrons. The maximum Gasteiger partial charge on any atom is 0.238 e. The van der Waals surface area contributed by atoms with Crippen LogP contribution in [0.25, 0.3) is 33.1 Å². The summed E-state index contributed by atoms with van der Waals surface area (Å²) < 4.78 is 30.5. The van der Waals surface area contributed by atoms with Gasteiger partial charge in [-0.05, 0) is 43.2 Å². The predicted molar refractivity (Wildman–Crippen MR) is 116 cm³/mol. The van der Waals surface area contributed by atoms with Crippen LogP contribution < -0.4 is 4.74 Å². The molecule has 30 heavy (non-hydrogen) atoms. The molecule has 0 aliphatic carbocycles. The first kappa shape index (κ1) is 20.3. The number of ether oxygens (including phenoxy) is 1.